The first-order valence-corrected chi connectivity index (χ1v) is 8.94. The van der Waals surface area contributed by atoms with Gasteiger partial charge in [-0.05, 0) is 17.7 Å². The van der Waals surface area contributed by atoms with E-state index < -0.39 is 0 Å². The van der Waals surface area contributed by atoms with Crippen LogP contribution in [0.5, 0.6) is 0 Å². The molecule has 0 saturated heterocycles. The number of rotatable bonds is 1. The molecule has 3 heteroatoms. The lowest BCUT2D eigenvalue weighted by molar-refractivity contribution is 1.44. The van der Waals surface area contributed by atoms with Crippen molar-refractivity contribution in [3.8, 4) is 21.7 Å². The van der Waals surface area contributed by atoms with E-state index in [1.54, 1.807) is 11.3 Å². The van der Waals surface area contributed by atoms with Gasteiger partial charge in [-0.1, -0.05) is 66.7 Å². The van der Waals surface area contributed by atoms with Crippen molar-refractivity contribution in [1.82, 2.24) is 4.98 Å². The number of benzene rings is 4. The summed E-state index contributed by atoms with van der Waals surface area (Å²) < 4.78 is 1.09. The Morgan fingerprint density at radius 2 is 1.40 bits per heavy atom. The minimum Gasteiger partial charge on any atom is -0.289 e. The van der Waals surface area contributed by atoms with E-state index in [2.05, 4.69) is 6.07 Å². The summed E-state index contributed by atoms with van der Waals surface area (Å²) in [6.45, 7) is 0. The van der Waals surface area contributed by atoms with E-state index in [0.29, 0.717) is 0 Å². The van der Waals surface area contributed by atoms with E-state index in [9.17, 15) is 4.79 Å². The Morgan fingerprint density at radius 1 is 0.720 bits per heavy atom. The lowest BCUT2D eigenvalue weighted by atomic mass is 9.96. The van der Waals surface area contributed by atoms with Crippen LogP contribution in [0.3, 0.4) is 0 Å². The second-order valence-electron chi connectivity index (χ2n) is 5.98. The highest BCUT2D eigenvalue weighted by Gasteiger charge is 2.21. The molecule has 0 saturated carbocycles. The average molecular weight is 339 g/mol. The molecule has 0 fully saturated rings. The average Bonchev–Trinajstić information content (AvgIpc) is 2.68. The second kappa shape index (κ2) is 5.50. The maximum Gasteiger partial charge on any atom is 0.195 e. The smallest absolute Gasteiger partial charge is 0.195 e. The number of nitrogens with zero attached hydrogens (tertiary/aromatic N) is 1. The van der Waals surface area contributed by atoms with Crippen molar-refractivity contribution in [3.63, 3.8) is 0 Å². The molecule has 0 unspecified atom stereocenters. The molecule has 0 radical (unpaired) electrons. The van der Waals surface area contributed by atoms with Crippen molar-refractivity contribution in [1.29, 1.82) is 0 Å². The molecule has 0 amide bonds. The van der Waals surface area contributed by atoms with Crippen LogP contribution in [-0.4, -0.2) is 4.98 Å². The molecule has 0 bridgehead atoms. The lowest BCUT2D eigenvalue weighted by Crippen LogP contribution is -2.09. The Bertz CT molecular complexity index is 1260. The third kappa shape index (κ3) is 2.17. The first-order chi connectivity index (χ1) is 12.3. The lowest BCUT2D eigenvalue weighted by Gasteiger charge is -2.14. The summed E-state index contributed by atoms with van der Waals surface area (Å²) in [6, 6.07) is 25.7. The summed E-state index contributed by atoms with van der Waals surface area (Å²) >= 11 is 1.64. The summed E-state index contributed by atoms with van der Waals surface area (Å²) in [4.78, 5) is 19.1. The molecule has 0 aromatic heterocycles. The topological polar surface area (TPSA) is 30.0 Å². The predicted octanol–water partition coefficient (Wildman–Crippen LogP) is 5.58. The minimum absolute atomic E-state index is 0.0719. The molecule has 0 atom stereocenters. The van der Waals surface area contributed by atoms with Crippen molar-refractivity contribution in [2.45, 2.75) is 0 Å². The van der Waals surface area contributed by atoms with Crippen molar-refractivity contribution in [2.75, 3.05) is 0 Å². The van der Waals surface area contributed by atoms with Gasteiger partial charge < -0.3 is 0 Å². The fraction of sp³-hybridized carbons (Fsp3) is 0. The van der Waals surface area contributed by atoms with Gasteiger partial charge in [0, 0.05) is 16.3 Å². The number of hydrogen-bond acceptors (Lipinski definition) is 3. The Labute approximate surface area is 148 Å². The van der Waals surface area contributed by atoms with Gasteiger partial charge in [0.1, 0.15) is 0 Å². The number of aromatic nitrogens is 1. The minimum atomic E-state index is 0.0719. The van der Waals surface area contributed by atoms with Crippen LogP contribution >= 0.6 is 11.3 Å². The highest BCUT2D eigenvalue weighted by molar-refractivity contribution is 7.22. The Morgan fingerprint density at radius 3 is 2.24 bits per heavy atom. The zero-order valence-electron chi connectivity index (χ0n) is 13.3. The van der Waals surface area contributed by atoms with E-state index in [-0.39, 0.29) is 5.43 Å². The highest BCUT2D eigenvalue weighted by atomic mass is 32.1. The standard InChI is InChI=1S/C22H13NOS/c24-21-16-11-5-4-10-15(16)20-22(19(21)14-8-2-1-3-9-14)25-18-13-7-6-12-17(18)23-20/h1-13H. The van der Waals surface area contributed by atoms with Crippen LogP contribution in [0.4, 0.5) is 0 Å². The van der Waals surface area contributed by atoms with Crippen molar-refractivity contribution >= 4 is 32.3 Å². The van der Waals surface area contributed by atoms with Crippen LogP contribution < -0.4 is 5.43 Å². The number of fused-ring (bicyclic) bond motifs is 4. The van der Waals surface area contributed by atoms with E-state index >= 15 is 0 Å². The summed E-state index contributed by atoms with van der Waals surface area (Å²) in [5.41, 5.74) is 3.62. The van der Waals surface area contributed by atoms with E-state index in [1.165, 1.54) is 0 Å². The van der Waals surface area contributed by atoms with Gasteiger partial charge >= 0.3 is 0 Å². The van der Waals surface area contributed by atoms with E-state index in [0.717, 1.165) is 42.7 Å². The second-order valence-corrected chi connectivity index (χ2v) is 7.03. The maximum atomic E-state index is 13.3. The molecule has 1 aliphatic heterocycles. The van der Waals surface area contributed by atoms with Crippen LogP contribution in [0.15, 0.2) is 83.7 Å². The molecule has 25 heavy (non-hydrogen) atoms. The molecule has 2 nitrogen and oxygen atoms in total. The van der Waals surface area contributed by atoms with Crippen LogP contribution in [0, 0.1) is 0 Å². The third-order valence-corrected chi connectivity index (χ3v) is 5.63. The molecule has 118 valence electrons. The molecular weight excluding hydrogens is 326 g/mol. The fourth-order valence-corrected chi connectivity index (χ4v) is 4.46. The van der Waals surface area contributed by atoms with Gasteiger partial charge in [-0.3, -0.25) is 4.79 Å². The Balaban J connectivity index is 2.06. The molecule has 1 heterocycles. The van der Waals surface area contributed by atoms with Crippen molar-refractivity contribution in [3.05, 3.63) is 89.1 Å². The van der Waals surface area contributed by atoms with Crippen LogP contribution in [0.1, 0.15) is 0 Å². The predicted molar refractivity (Wildman–Crippen MR) is 105 cm³/mol. The fourth-order valence-electron chi connectivity index (χ4n) is 3.31. The molecule has 3 aromatic rings. The molecule has 0 spiro atoms. The third-order valence-electron chi connectivity index (χ3n) is 4.47. The first kappa shape index (κ1) is 14.3. The normalized spacial score (nSPS) is 11.4. The Kier molecular flexibility index (Phi) is 3.15. The zero-order valence-corrected chi connectivity index (χ0v) is 14.1. The largest absolute Gasteiger partial charge is 0.289 e. The van der Waals surface area contributed by atoms with Gasteiger partial charge in [0.2, 0.25) is 0 Å². The van der Waals surface area contributed by atoms with Gasteiger partial charge in [0.25, 0.3) is 0 Å². The van der Waals surface area contributed by atoms with Crippen LogP contribution in [-0.2, 0) is 0 Å². The zero-order chi connectivity index (χ0) is 16.8. The summed E-state index contributed by atoms with van der Waals surface area (Å²) in [6.07, 6.45) is 0. The molecular formula is C22H13NOS. The molecule has 2 aliphatic rings. The Hall–Kier alpha value is -3.04. The summed E-state index contributed by atoms with van der Waals surface area (Å²) in [7, 11) is 0. The van der Waals surface area contributed by atoms with Crippen LogP contribution in [0.2, 0.25) is 0 Å². The first-order valence-electron chi connectivity index (χ1n) is 8.12. The molecule has 5 rings (SSSR count). The highest BCUT2D eigenvalue weighted by Crippen LogP contribution is 2.40. The summed E-state index contributed by atoms with van der Waals surface area (Å²) in [5.74, 6) is 0. The quantitative estimate of drug-likeness (QED) is 0.295. The monoisotopic (exact) mass is 339 g/mol. The van der Waals surface area contributed by atoms with Gasteiger partial charge in [0.15, 0.2) is 5.43 Å². The van der Waals surface area contributed by atoms with Gasteiger partial charge in [-0.2, -0.15) is 0 Å². The number of para-hydroxylation sites is 1. The van der Waals surface area contributed by atoms with Gasteiger partial charge in [0.05, 0.1) is 20.8 Å². The van der Waals surface area contributed by atoms with Gasteiger partial charge in [-0.15, -0.1) is 11.3 Å². The van der Waals surface area contributed by atoms with E-state index in [1.807, 2.05) is 72.8 Å². The van der Waals surface area contributed by atoms with E-state index in [4.69, 9.17) is 4.98 Å². The maximum absolute atomic E-state index is 13.3. The number of hydrogen-bond donors (Lipinski definition) is 0. The summed E-state index contributed by atoms with van der Waals surface area (Å²) in [5, 5.41) is 1.65. The van der Waals surface area contributed by atoms with Crippen LogP contribution in [0.25, 0.3) is 42.7 Å². The molecule has 3 aromatic carbocycles. The SMILES string of the molecule is O=c1c(-c2ccccc2)c2sc3ccccc3nc-2c2ccccc12. The van der Waals surface area contributed by atoms with Gasteiger partial charge in [-0.25, -0.2) is 4.98 Å². The van der Waals surface area contributed by atoms with Crippen molar-refractivity contribution < 1.29 is 0 Å². The molecule has 0 N–H and O–H groups in total. The van der Waals surface area contributed by atoms with Crippen molar-refractivity contribution in [2.24, 2.45) is 0 Å². The molecule has 1 aliphatic carbocycles.